The van der Waals surface area contributed by atoms with Crippen LogP contribution in [0.15, 0.2) is 42.5 Å². The molecular weight excluding hydrogens is 272 g/mol. The molecule has 1 atom stereocenters. The number of aliphatic carboxylic acids is 1. The molecule has 0 aromatic heterocycles. The van der Waals surface area contributed by atoms with Crippen LogP contribution >= 0.6 is 0 Å². The first kappa shape index (κ1) is 16.3. The standard InChI is InChI=1S/C20H24O2/c1-14-12-15(2)19(16(3)13-14)18(20(21)22)11-7-10-17-8-5-4-6-9-17/h4-6,8-9,12-13,18H,7,10-11H2,1-3H3,(H,21,22). The summed E-state index contributed by atoms with van der Waals surface area (Å²) in [6, 6.07) is 14.4. The van der Waals surface area contributed by atoms with Crippen LogP contribution in [0.4, 0.5) is 0 Å². The van der Waals surface area contributed by atoms with Crippen LogP contribution in [0.5, 0.6) is 0 Å². The SMILES string of the molecule is Cc1cc(C)c(C(CCCc2ccccc2)C(=O)O)c(C)c1. The number of carboxylic acid groups (broad SMARTS) is 1. The third kappa shape index (κ3) is 3.97. The van der Waals surface area contributed by atoms with Crippen LogP contribution in [0, 0.1) is 20.8 Å². The van der Waals surface area contributed by atoms with Gasteiger partial charge in [0, 0.05) is 0 Å². The van der Waals surface area contributed by atoms with Crippen molar-refractivity contribution in [1.29, 1.82) is 0 Å². The molecule has 116 valence electrons. The van der Waals surface area contributed by atoms with Crippen molar-refractivity contribution in [2.24, 2.45) is 0 Å². The number of rotatable bonds is 6. The number of benzene rings is 2. The fraction of sp³-hybridized carbons (Fsp3) is 0.350. The second-order valence-corrected chi connectivity index (χ2v) is 6.08. The van der Waals surface area contributed by atoms with E-state index < -0.39 is 11.9 Å². The van der Waals surface area contributed by atoms with Gasteiger partial charge >= 0.3 is 5.97 Å². The average molecular weight is 296 g/mol. The lowest BCUT2D eigenvalue weighted by Crippen LogP contribution is -2.15. The molecule has 0 aliphatic rings. The molecule has 0 bridgehead atoms. The van der Waals surface area contributed by atoms with E-state index in [1.165, 1.54) is 11.1 Å². The molecule has 2 heteroatoms. The summed E-state index contributed by atoms with van der Waals surface area (Å²) in [5.41, 5.74) is 5.62. The lowest BCUT2D eigenvalue weighted by atomic mass is 9.86. The van der Waals surface area contributed by atoms with Crippen molar-refractivity contribution < 1.29 is 9.90 Å². The maximum absolute atomic E-state index is 11.7. The molecule has 0 saturated carbocycles. The van der Waals surface area contributed by atoms with E-state index in [0.29, 0.717) is 6.42 Å². The Bertz CT molecular complexity index is 621. The van der Waals surface area contributed by atoms with Gasteiger partial charge in [0.1, 0.15) is 0 Å². The summed E-state index contributed by atoms with van der Waals surface area (Å²) < 4.78 is 0. The van der Waals surface area contributed by atoms with E-state index >= 15 is 0 Å². The second kappa shape index (κ2) is 7.26. The Balaban J connectivity index is 2.12. The Morgan fingerprint density at radius 3 is 2.18 bits per heavy atom. The van der Waals surface area contributed by atoms with Gasteiger partial charge in [0.05, 0.1) is 5.92 Å². The van der Waals surface area contributed by atoms with E-state index in [1.807, 2.05) is 32.0 Å². The third-order valence-corrected chi connectivity index (χ3v) is 4.19. The van der Waals surface area contributed by atoms with Gasteiger partial charge in [-0.1, -0.05) is 48.0 Å². The fourth-order valence-corrected chi connectivity index (χ4v) is 3.29. The summed E-state index contributed by atoms with van der Waals surface area (Å²) >= 11 is 0. The Morgan fingerprint density at radius 2 is 1.64 bits per heavy atom. The lowest BCUT2D eigenvalue weighted by molar-refractivity contribution is -0.139. The van der Waals surface area contributed by atoms with Crippen LogP contribution in [0.1, 0.15) is 46.6 Å². The van der Waals surface area contributed by atoms with E-state index in [1.54, 1.807) is 0 Å². The van der Waals surface area contributed by atoms with Crippen molar-refractivity contribution in [3.8, 4) is 0 Å². The molecule has 2 rings (SSSR count). The molecule has 0 aliphatic carbocycles. The molecule has 0 amide bonds. The molecule has 0 fully saturated rings. The lowest BCUT2D eigenvalue weighted by Gasteiger charge is -2.19. The molecule has 1 unspecified atom stereocenters. The Labute approximate surface area is 132 Å². The van der Waals surface area contributed by atoms with Crippen molar-refractivity contribution in [1.82, 2.24) is 0 Å². The zero-order valence-corrected chi connectivity index (χ0v) is 13.6. The Hall–Kier alpha value is -2.09. The van der Waals surface area contributed by atoms with Crippen molar-refractivity contribution in [3.05, 3.63) is 70.3 Å². The normalized spacial score (nSPS) is 12.1. The number of carbonyl (C=O) groups is 1. The first-order chi connectivity index (χ1) is 10.5. The van der Waals surface area contributed by atoms with Crippen LogP contribution in [0.25, 0.3) is 0 Å². The molecule has 1 N–H and O–H groups in total. The number of hydrogen-bond acceptors (Lipinski definition) is 1. The maximum atomic E-state index is 11.7. The van der Waals surface area contributed by atoms with Gasteiger partial charge in [0.15, 0.2) is 0 Å². The first-order valence-corrected chi connectivity index (χ1v) is 7.83. The zero-order valence-electron chi connectivity index (χ0n) is 13.6. The third-order valence-electron chi connectivity index (χ3n) is 4.19. The number of hydrogen-bond donors (Lipinski definition) is 1. The highest BCUT2D eigenvalue weighted by molar-refractivity contribution is 5.77. The highest BCUT2D eigenvalue weighted by Gasteiger charge is 2.23. The molecule has 0 heterocycles. The van der Waals surface area contributed by atoms with Gasteiger partial charge in [-0.25, -0.2) is 0 Å². The predicted molar refractivity (Wildman–Crippen MR) is 90.4 cm³/mol. The zero-order chi connectivity index (χ0) is 16.1. The van der Waals surface area contributed by atoms with E-state index in [9.17, 15) is 9.90 Å². The minimum Gasteiger partial charge on any atom is -0.481 e. The summed E-state index contributed by atoms with van der Waals surface area (Å²) in [4.78, 5) is 11.7. The molecule has 0 radical (unpaired) electrons. The molecule has 22 heavy (non-hydrogen) atoms. The maximum Gasteiger partial charge on any atom is 0.310 e. The van der Waals surface area contributed by atoms with Crippen molar-refractivity contribution >= 4 is 5.97 Å². The highest BCUT2D eigenvalue weighted by atomic mass is 16.4. The van der Waals surface area contributed by atoms with Crippen LogP contribution in [-0.4, -0.2) is 11.1 Å². The molecule has 2 aromatic carbocycles. The van der Waals surface area contributed by atoms with E-state index in [2.05, 4.69) is 31.2 Å². The first-order valence-electron chi connectivity index (χ1n) is 7.83. The smallest absolute Gasteiger partial charge is 0.310 e. The largest absolute Gasteiger partial charge is 0.481 e. The number of carboxylic acids is 1. The Morgan fingerprint density at radius 1 is 1.05 bits per heavy atom. The Kier molecular flexibility index (Phi) is 5.37. The van der Waals surface area contributed by atoms with Crippen LogP contribution in [0.2, 0.25) is 0 Å². The van der Waals surface area contributed by atoms with Gasteiger partial charge in [-0.15, -0.1) is 0 Å². The monoisotopic (exact) mass is 296 g/mol. The van der Waals surface area contributed by atoms with Gasteiger partial charge < -0.3 is 5.11 Å². The van der Waals surface area contributed by atoms with Crippen LogP contribution < -0.4 is 0 Å². The highest BCUT2D eigenvalue weighted by Crippen LogP contribution is 2.29. The van der Waals surface area contributed by atoms with Crippen LogP contribution in [-0.2, 0) is 11.2 Å². The summed E-state index contributed by atoms with van der Waals surface area (Å²) in [6.45, 7) is 6.08. The number of aryl methyl sites for hydroxylation is 4. The van der Waals surface area contributed by atoms with Gasteiger partial charge in [0.25, 0.3) is 0 Å². The quantitative estimate of drug-likeness (QED) is 0.831. The molecule has 2 nitrogen and oxygen atoms in total. The fourth-order valence-electron chi connectivity index (χ4n) is 3.29. The van der Waals surface area contributed by atoms with E-state index in [4.69, 9.17) is 0 Å². The summed E-state index contributed by atoms with van der Waals surface area (Å²) in [5.74, 6) is -1.13. The molecule has 0 saturated heterocycles. The molecular formula is C20H24O2. The second-order valence-electron chi connectivity index (χ2n) is 6.08. The van der Waals surface area contributed by atoms with Gasteiger partial charge in [-0.2, -0.15) is 0 Å². The minimum atomic E-state index is -0.719. The summed E-state index contributed by atoms with van der Waals surface area (Å²) in [6.07, 6.45) is 2.48. The van der Waals surface area contributed by atoms with Gasteiger partial charge in [0.2, 0.25) is 0 Å². The predicted octanol–water partition coefficient (Wildman–Crippen LogP) is 4.80. The average Bonchev–Trinajstić information content (AvgIpc) is 2.45. The minimum absolute atomic E-state index is 0.413. The van der Waals surface area contributed by atoms with Crippen molar-refractivity contribution in [2.45, 2.75) is 46.0 Å². The van der Waals surface area contributed by atoms with E-state index in [0.717, 1.165) is 29.5 Å². The summed E-state index contributed by atoms with van der Waals surface area (Å²) in [5, 5.41) is 9.64. The van der Waals surface area contributed by atoms with E-state index in [-0.39, 0.29) is 0 Å². The summed E-state index contributed by atoms with van der Waals surface area (Å²) in [7, 11) is 0. The van der Waals surface area contributed by atoms with Gasteiger partial charge in [-0.3, -0.25) is 4.79 Å². The van der Waals surface area contributed by atoms with Crippen molar-refractivity contribution in [2.75, 3.05) is 0 Å². The molecule has 0 aliphatic heterocycles. The van der Waals surface area contributed by atoms with Gasteiger partial charge in [-0.05, 0) is 62.3 Å². The molecule has 2 aromatic rings. The van der Waals surface area contributed by atoms with Crippen LogP contribution in [0.3, 0.4) is 0 Å². The molecule has 0 spiro atoms. The van der Waals surface area contributed by atoms with Crippen molar-refractivity contribution in [3.63, 3.8) is 0 Å². The topological polar surface area (TPSA) is 37.3 Å².